The van der Waals surface area contributed by atoms with Gasteiger partial charge in [0.25, 0.3) is 0 Å². The Morgan fingerprint density at radius 3 is 2.65 bits per heavy atom. The third kappa shape index (κ3) is 2.88. The zero-order chi connectivity index (χ0) is 14.9. The van der Waals surface area contributed by atoms with Gasteiger partial charge in [0.15, 0.2) is 0 Å². The molecule has 1 heterocycles. The van der Waals surface area contributed by atoms with Crippen LogP contribution in [0.2, 0.25) is 5.02 Å². The van der Waals surface area contributed by atoms with Crippen LogP contribution in [0.5, 0.6) is 11.6 Å². The van der Waals surface area contributed by atoms with Crippen LogP contribution in [0.3, 0.4) is 0 Å². The highest BCUT2D eigenvalue weighted by Crippen LogP contribution is 2.28. The molecule has 0 saturated heterocycles. The average Bonchev–Trinajstić information content (AvgIpc) is 2.32. The van der Waals surface area contributed by atoms with Crippen molar-refractivity contribution >= 4 is 17.4 Å². The second-order valence-corrected chi connectivity index (χ2v) is 4.76. The Labute approximate surface area is 120 Å². The summed E-state index contributed by atoms with van der Waals surface area (Å²) in [5.74, 6) is -0.133. The van der Waals surface area contributed by atoms with Crippen LogP contribution in [0.15, 0.2) is 24.3 Å². The van der Waals surface area contributed by atoms with Gasteiger partial charge < -0.3 is 10.5 Å². The highest BCUT2D eigenvalue weighted by molar-refractivity contribution is 6.30. The Morgan fingerprint density at radius 1 is 1.35 bits per heavy atom. The number of aryl methyl sites for hydroxylation is 2. The third-order valence-corrected chi connectivity index (χ3v) is 2.98. The van der Waals surface area contributed by atoms with Gasteiger partial charge in [-0.15, -0.1) is 0 Å². The van der Waals surface area contributed by atoms with Crippen LogP contribution in [-0.2, 0) is 0 Å². The summed E-state index contributed by atoms with van der Waals surface area (Å²) in [5, 5.41) is 7.56. The number of pyridine rings is 1. The molecule has 0 atom stereocenters. The van der Waals surface area contributed by atoms with Crippen LogP contribution in [0.4, 0.5) is 4.39 Å². The molecule has 0 fully saturated rings. The molecule has 2 rings (SSSR count). The van der Waals surface area contributed by atoms with Crippen molar-refractivity contribution in [2.45, 2.75) is 13.8 Å². The van der Waals surface area contributed by atoms with Crippen molar-refractivity contribution in [3.05, 3.63) is 51.9 Å². The van der Waals surface area contributed by atoms with Gasteiger partial charge in [-0.2, -0.15) is 0 Å². The van der Waals surface area contributed by atoms with Crippen molar-refractivity contribution in [2.75, 3.05) is 0 Å². The van der Waals surface area contributed by atoms with Gasteiger partial charge in [-0.3, -0.25) is 5.41 Å². The standard InChI is InChI=1S/C14H13ClFN3O/c1-7-5-8(2)19-14(12(7)13(17)18)20-9-3-4-11(16)10(15)6-9/h3-6H,1-2H3,(H3,17,18). The first kappa shape index (κ1) is 14.3. The number of halogens is 2. The quantitative estimate of drug-likeness (QED) is 0.671. The molecule has 4 nitrogen and oxygen atoms in total. The maximum absolute atomic E-state index is 13.1. The van der Waals surface area contributed by atoms with Crippen molar-refractivity contribution in [3.8, 4) is 11.6 Å². The topological polar surface area (TPSA) is 72.0 Å². The molecule has 0 radical (unpaired) electrons. The fourth-order valence-electron chi connectivity index (χ4n) is 1.86. The van der Waals surface area contributed by atoms with E-state index in [1.54, 1.807) is 13.0 Å². The van der Waals surface area contributed by atoms with Crippen molar-refractivity contribution in [1.82, 2.24) is 4.98 Å². The number of hydrogen-bond donors (Lipinski definition) is 2. The fourth-order valence-corrected chi connectivity index (χ4v) is 2.03. The second kappa shape index (κ2) is 5.46. The Morgan fingerprint density at radius 2 is 2.05 bits per heavy atom. The van der Waals surface area contributed by atoms with E-state index in [9.17, 15) is 4.39 Å². The summed E-state index contributed by atoms with van der Waals surface area (Å²) < 4.78 is 18.7. The summed E-state index contributed by atoms with van der Waals surface area (Å²) in [4.78, 5) is 4.22. The van der Waals surface area contributed by atoms with Crippen LogP contribution < -0.4 is 10.5 Å². The van der Waals surface area contributed by atoms with Gasteiger partial charge in [0.2, 0.25) is 5.88 Å². The number of ether oxygens (including phenoxy) is 1. The van der Waals surface area contributed by atoms with E-state index in [-0.39, 0.29) is 16.7 Å². The first-order chi connectivity index (χ1) is 9.38. The molecule has 2 aromatic rings. The van der Waals surface area contributed by atoms with Crippen LogP contribution in [0, 0.1) is 25.1 Å². The number of nitrogen functional groups attached to an aromatic ring is 1. The van der Waals surface area contributed by atoms with Gasteiger partial charge >= 0.3 is 0 Å². The van der Waals surface area contributed by atoms with Crippen molar-refractivity contribution in [2.24, 2.45) is 5.73 Å². The van der Waals surface area contributed by atoms with Crippen LogP contribution in [-0.4, -0.2) is 10.8 Å². The number of amidine groups is 1. The first-order valence-electron chi connectivity index (χ1n) is 5.84. The Balaban J connectivity index is 2.47. The molecule has 3 N–H and O–H groups in total. The minimum atomic E-state index is -0.529. The number of nitrogens with one attached hydrogen (secondary N) is 1. The molecular formula is C14H13ClFN3O. The average molecular weight is 294 g/mol. The zero-order valence-electron chi connectivity index (χ0n) is 11.0. The lowest BCUT2D eigenvalue weighted by Crippen LogP contribution is -2.15. The molecule has 0 aliphatic heterocycles. The van der Waals surface area contributed by atoms with Crippen LogP contribution in [0.25, 0.3) is 0 Å². The maximum Gasteiger partial charge on any atom is 0.230 e. The molecule has 1 aromatic carbocycles. The molecular weight excluding hydrogens is 281 g/mol. The molecule has 0 saturated carbocycles. The highest BCUT2D eigenvalue weighted by Gasteiger charge is 2.14. The molecule has 0 bridgehead atoms. The minimum Gasteiger partial charge on any atom is -0.438 e. The summed E-state index contributed by atoms with van der Waals surface area (Å²) in [5.41, 5.74) is 7.48. The second-order valence-electron chi connectivity index (χ2n) is 4.35. The fraction of sp³-hybridized carbons (Fsp3) is 0.143. The number of nitrogens with two attached hydrogens (primary N) is 1. The molecule has 0 spiro atoms. The summed E-state index contributed by atoms with van der Waals surface area (Å²) in [6.45, 7) is 3.62. The smallest absolute Gasteiger partial charge is 0.230 e. The van der Waals surface area contributed by atoms with E-state index in [0.717, 1.165) is 11.3 Å². The number of benzene rings is 1. The number of rotatable bonds is 3. The van der Waals surface area contributed by atoms with E-state index in [1.807, 2.05) is 6.92 Å². The highest BCUT2D eigenvalue weighted by atomic mass is 35.5. The Kier molecular flexibility index (Phi) is 3.90. The van der Waals surface area contributed by atoms with Gasteiger partial charge in [0, 0.05) is 11.8 Å². The van der Waals surface area contributed by atoms with Crippen LogP contribution >= 0.6 is 11.6 Å². The zero-order valence-corrected chi connectivity index (χ0v) is 11.8. The first-order valence-corrected chi connectivity index (χ1v) is 6.22. The number of aromatic nitrogens is 1. The SMILES string of the molecule is Cc1cc(C)c(C(=N)N)c(Oc2ccc(F)c(Cl)c2)n1. The summed E-state index contributed by atoms with van der Waals surface area (Å²) in [7, 11) is 0. The van der Waals surface area contributed by atoms with Crippen molar-refractivity contribution in [1.29, 1.82) is 5.41 Å². The molecule has 104 valence electrons. The van der Waals surface area contributed by atoms with E-state index in [2.05, 4.69) is 4.98 Å². The summed E-state index contributed by atoms with van der Waals surface area (Å²) >= 11 is 5.70. The van der Waals surface area contributed by atoms with Crippen molar-refractivity contribution in [3.63, 3.8) is 0 Å². The molecule has 6 heteroatoms. The summed E-state index contributed by atoms with van der Waals surface area (Å²) in [6.07, 6.45) is 0. The van der Waals surface area contributed by atoms with Gasteiger partial charge in [-0.1, -0.05) is 11.6 Å². The Bertz CT molecular complexity index is 688. The molecule has 20 heavy (non-hydrogen) atoms. The molecule has 0 amide bonds. The van der Waals surface area contributed by atoms with E-state index >= 15 is 0 Å². The van der Waals surface area contributed by atoms with Crippen molar-refractivity contribution < 1.29 is 9.13 Å². The van der Waals surface area contributed by atoms with E-state index < -0.39 is 5.82 Å². The van der Waals surface area contributed by atoms with E-state index in [1.165, 1.54) is 18.2 Å². The number of hydrogen-bond acceptors (Lipinski definition) is 3. The normalized spacial score (nSPS) is 10.4. The Hall–Kier alpha value is -2.14. The lowest BCUT2D eigenvalue weighted by Gasteiger charge is -2.12. The molecule has 0 aliphatic carbocycles. The molecule has 0 unspecified atom stereocenters. The lowest BCUT2D eigenvalue weighted by atomic mass is 10.1. The van der Waals surface area contributed by atoms with Gasteiger partial charge in [-0.25, -0.2) is 9.37 Å². The van der Waals surface area contributed by atoms with Crippen LogP contribution in [0.1, 0.15) is 16.8 Å². The monoisotopic (exact) mass is 293 g/mol. The van der Waals surface area contributed by atoms with E-state index in [4.69, 9.17) is 27.5 Å². The van der Waals surface area contributed by atoms with Gasteiger partial charge in [0.1, 0.15) is 17.4 Å². The largest absolute Gasteiger partial charge is 0.438 e. The maximum atomic E-state index is 13.1. The van der Waals surface area contributed by atoms with Gasteiger partial charge in [0.05, 0.1) is 10.6 Å². The predicted octanol–water partition coefficient (Wildman–Crippen LogP) is 3.57. The summed E-state index contributed by atoms with van der Waals surface area (Å²) in [6, 6.07) is 5.79. The molecule has 0 aliphatic rings. The lowest BCUT2D eigenvalue weighted by molar-refractivity contribution is 0.458. The van der Waals surface area contributed by atoms with Gasteiger partial charge in [-0.05, 0) is 37.6 Å². The van der Waals surface area contributed by atoms with E-state index in [0.29, 0.717) is 11.3 Å². The molecule has 1 aromatic heterocycles. The predicted molar refractivity (Wildman–Crippen MR) is 76.2 cm³/mol. The minimum absolute atomic E-state index is 0.0451. The number of nitrogens with zero attached hydrogens (tertiary/aromatic N) is 1. The third-order valence-electron chi connectivity index (χ3n) is 2.69.